The predicted molar refractivity (Wildman–Crippen MR) is 84.6 cm³/mol. The van der Waals surface area contributed by atoms with Gasteiger partial charge in [0.05, 0.1) is 4.51 Å². The zero-order valence-corrected chi connectivity index (χ0v) is 12.9. The summed E-state index contributed by atoms with van der Waals surface area (Å²) in [5.41, 5.74) is 4.57. The number of carboxylic acid groups (broad SMARTS) is 1. The summed E-state index contributed by atoms with van der Waals surface area (Å²) in [6.45, 7) is 2.13. The number of aromatic carboxylic acids is 1. The summed E-state index contributed by atoms with van der Waals surface area (Å²) in [5.74, 6) is -1.14. The molecule has 2 aromatic rings. The van der Waals surface area contributed by atoms with Gasteiger partial charge >= 0.3 is 5.97 Å². The van der Waals surface area contributed by atoms with Gasteiger partial charge in [-0.25, -0.2) is 4.79 Å². The Morgan fingerprint density at radius 1 is 1.33 bits per heavy atom. The maximum atomic E-state index is 11.2. The molecule has 0 radical (unpaired) electrons. The summed E-state index contributed by atoms with van der Waals surface area (Å²) in [7, 11) is 0. The Labute approximate surface area is 128 Å². The summed E-state index contributed by atoms with van der Waals surface area (Å²) < 4.78 is 6.26. The van der Waals surface area contributed by atoms with Gasteiger partial charge in [-0.05, 0) is 54.9 Å². The van der Waals surface area contributed by atoms with Gasteiger partial charge < -0.3 is 9.52 Å². The molecule has 1 aromatic heterocycles. The van der Waals surface area contributed by atoms with Gasteiger partial charge in [-0.1, -0.05) is 25.6 Å². The molecule has 110 valence electrons. The topological polar surface area (TPSA) is 50.4 Å². The molecule has 1 aromatic carbocycles. The number of hydrogen-bond acceptors (Lipinski definition) is 3. The second-order valence-electron chi connectivity index (χ2n) is 5.61. The number of benzene rings is 1. The molecule has 0 aliphatic heterocycles. The van der Waals surface area contributed by atoms with Crippen molar-refractivity contribution in [3.05, 3.63) is 39.1 Å². The number of rotatable bonds is 3. The lowest BCUT2D eigenvalue weighted by atomic mass is 9.85. The van der Waals surface area contributed by atoms with Crippen LogP contribution < -0.4 is 0 Å². The van der Waals surface area contributed by atoms with Crippen LogP contribution in [0.25, 0.3) is 11.0 Å². The van der Waals surface area contributed by atoms with Crippen molar-refractivity contribution in [1.82, 2.24) is 0 Å². The van der Waals surface area contributed by atoms with Crippen molar-refractivity contribution in [2.24, 2.45) is 0 Å². The highest BCUT2D eigenvalue weighted by Gasteiger charge is 2.19. The van der Waals surface area contributed by atoms with E-state index in [1.807, 2.05) is 0 Å². The third-order valence-corrected chi connectivity index (χ3v) is 4.50. The molecule has 0 unspecified atom stereocenters. The molecule has 0 spiro atoms. The molecule has 0 bridgehead atoms. The molecule has 21 heavy (non-hydrogen) atoms. The van der Waals surface area contributed by atoms with Crippen LogP contribution in [0.4, 0.5) is 0 Å². The first-order chi connectivity index (χ1) is 10.1. The first-order valence-corrected chi connectivity index (χ1v) is 7.87. The Hall–Kier alpha value is -1.68. The number of hydrogen-bond donors (Lipinski definition) is 1. The van der Waals surface area contributed by atoms with Crippen molar-refractivity contribution in [3.8, 4) is 0 Å². The Kier molecular flexibility index (Phi) is 3.81. The Balaban J connectivity index is 2.38. The average molecular weight is 302 g/mol. The molecule has 4 heteroatoms. The highest BCUT2D eigenvalue weighted by Crippen LogP contribution is 2.33. The quantitative estimate of drug-likeness (QED) is 0.835. The van der Waals surface area contributed by atoms with E-state index in [-0.39, 0.29) is 5.76 Å². The summed E-state index contributed by atoms with van der Waals surface area (Å²) in [4.78, 5) is 11.2. The van der Waals surface area contributed by atoms with Gasteiger partial charge in [-0.2, -0.15) is 0 Å². The van der Waals surface area contributed by atoms with Crippen LogP contribution >= 0.6 is 12.2 Å². The summed E-state index contributed by atoms with van der Waals surface area (Å²) >= 11 is 5.39. The van der Waals surface area contributed by atoms with Crippen molar-refractivity contribution < 1.29 is 14.3 Å². The third kappa shape index (κ3) is 2.48. The molecule has 0 saturated carbocycles. The van der Waals surface area contributed by atoms with Crippen molar-refractivity contribution in [2.75, 3.05) is 0 Å². The van der Waals surface area contributed by atoms with Crippen LogP contribution in [0, 0.1) is 4.51 Å². The molecule has 0 amide bonds. The van der Waals surface area contributed by atoms with E-state index < -0.39 is 5.97 Å². The molecule has 0 fully saturated rings. The van der Waals surface area contributed by atoms with Crippen LogP contribution in [0.1, 0.15) is 53.4 Å². The van der Waals surface area contributed by atoms with Crippen LogP contribution in [0.15, 0.2) is 16.5 Å². The van der Waals surface area contributed by atoms with Crippen LogP contribution in [0.2, 0.25) is 0 Å². The monoisotopic (exact) mass is 302 g/mol. The normalized spacial score (nSPS) is 14.1. The number of fused-ring (bicyclic) bond motifs is 2. The van der Waals surface area contributed by atoms with Gasteiger partial charge in [0.2, 0.25) is 5.76 Å². The zero-order valence-electron chi connectivity index (χ0n) is 12.1. The van der Waals surface area contributed by atoms with E-state index in [1.165, 1.54) is 35.6 Å². The molecule has 3 rings (SSSR count). The van der Waals surface area contributed by atoms with E-state index in [2.05, 4.69) is 13.0 Å². The van der Waals surface area contributed by atoms with E-state index in [4.69, 9.17) is 16.6 Å². The van der Waals surface area contributed by atoms with Gasteiger partial charge in [0.1, 0.15) is 5.58 Å². The number of aryl methyl sites for hydroxylation is 2. The fourth-order valence-electron chi connectivity index (χ4n) is 3.23. The van der Waals surface area contributed by atoms with E-state index in [1.54, 1.807) is 0 Å². The number of carbonyl (C=O) groups is 1. The zero-order chi connectivity index (χ0) is 15.0. The van der Waals surface area contributed by atoms with E-state index in [0.717, 1.165) is 31.1 Å². The summed E-state index contributed by atoms with van der Waals surface area (Å²) in [6.07, 6.45) is 6.44. The summed E-state index contributed by atoms with van der Waals surface area (Å²) in [5, 5.41) is 10.1. The van der Waals surface area contributed by atoms with Crippen LogP contribution in [-0.2, 0) is 19.3 Å². The van der Waals surface area contributed by atoms with Crippen LogP contribution in [-0.4, -0.2) is 11.1 Å². The van der Waals surface area contributed by atoms with Crippen molar-refractivity contribution >= 4 is 29.2 Å². The van der Waals surface area contributed by atoms with E-state index in [0.29, 0.717) is 10.1 Å². The van der Waals surface area contributed by atoms with Gasteiger partial charge in [0.15, 0.2) is 0 Å². The van der Waals surface area contributed by atoms with Gasteiger partial charge in [0.25, 0.3) is 0 Å². The average Bonchev–Trinajstić information content (AvgIpc) is 2.47. The minimum atomic E-state index is -1.07. The van der Waals surface area contributed by atoms with E-state index >= 15 is 0 Å². The largest absolute Gasteiger partial charge is 0.475 e. The minimum absolute atomic E-state index is 0.0689. The van der Waals surface area contributed by atoms with Crippen molar-refractivity contribution in [1.29, 1.82) is 0 Å². The fraction of sp³-hybridized carbons (Fsp3) is 0.412. The van der Waals surface area contributed by atoms with Crippen molar-refractivity contribution in [2.45, 2.75) is 45.4 Å². The lowest BCUT2D eigenvalue weighted by Crippen LogP contribution is -2.08. The second kappa shape index (κ2) is 5.60. The molecule has 0 saturated heterocycles. The van der Waals surface area contributed by atoms with E-state index in [9.17, 15) is 9.90 Å². The van der Waals surface area contributed by atoms with Crippen LogP contribution in [0.3, 0.4) is 0 Å². The highest BCUT2D eigenvalue weighted by atomic mass is 32.1. The molecular weight excluding hydrogens is 284 g/mol. The lowest BCUT2D eigenvalue weighted by Gasteiger charge is -2.21. The molecule has 1 N–H and O–H groups in total. The van der Waals surface area contributed by atoms with Gasteiger partial charge in [0, 0.05) is 11.5 Å². The molecule has 1 heterocycles. The Morgan fingerprint density at radius 3 is 2.81 bits per heavy atom. The second-order valence-corrected chi connectivity index (χ2v) is 6.05. The maximum Gasteiger partial charge on any atom is 0.371 e. The smallest absolute Gasteiger partial charge is 0.371 e. The lowest BCUT2D eigenvalue weighted by molar-refractivity contribution is 0.0663. The molecule has 1 aliphatic rings. The molecule has 0 atom stereocenters. The Bertz CT molecular complexity index is 774. The maximum absolute atomic E-state index is 11.2. The third-order valence-electron chi connectivity index (χ3n) is 4.16. The predicted octanol–water partition coefficient (Wildman–Crippen LogP) is 4.69. The SMILES string of the molecule is CCCc1c2c(cc3c(=S)cc(C(=O)O)oc13)CCCC2. The van der Waals surface area contributed by atoms with Gasteiger partial charge in [-0.15, -0.1) is 0 Å². The van der Waals surface area contributed by atoms with Crippen molar-refractivity contribution in [3.63, 3.8) is 0 Å². The Morgan fingerprint density at radius 2 is 2.10 bits per heavy atom. The minimum Gasteiger partial charge on any atom is -0.475 e. The highest BCUT2D eigenvalue weighted by molar-refractivity contribution is 7.71. The number of carboxylic acids is 1. The summed E-state index contributed by atoms with van der Waals surface area (Å²) in [6, 6.07) is 3.56. The van der Waals surface area contributed by atoms with Crippen LogP contribution in [0.5, 0.6) is 0 Å². The first-order valence-electron chi connectivity index (χ1n) is 7.46. The standard InChI is InChI=1S/C17H18O3S/c1-2-5-12-11-7-4-3-6-10(11)8-13-15(21)9-14(17(18)19)20-16(12)13/h8-9H,2-7H2,1H3,(H,18,19). The fourth-order valence-corrected chi connectivity index (χ4v) is 3.49. The molecule has 1 aliphatic carbocycles. The van der Waals surface area contributed by atoms with Gasteiger partial charge in [-0.3, -0.25) is 0 Å². The molecule has 3 nitrogen and oxygen atoms in total. The molecular formula is C17H18O3S. The first kappa shape index (κ1) is 14.3.